The standard InChI is InChI=1S/4C5H9N.2ClHO4.Ni/c4*1-5(2,3)6-4;2*2-1(3,4)5;/h4*1-3H3;2*(H,2,3,4,5);/q;;;;;;+2/p-2. The van der Waals surface area contributed by atoms with E-state index in [1.165, 1.54) is 0 Å². The minimum absolute atomic E-state index is 0. The van der Waals surface area contributed by atoms with E-state index in [2.05, 4.69) is 19.4 Å². The Kier molecular flexibility index (Phi) is 31.7. The van der Waals surface area contributed by atoms with Crippen LogP contribution in [0.15, 0.2) is 0 Å². The van der Waals surface area contributed by atoms with Gasteiger partial charge >= 0.3 is 16.5 Å². The van der Waals surface area contributed by atoms with Gasteiger partial charge in [-0.25, -0.2) is 63.6 Å². The van der Waals surface area contributed by atoms with Gasteiger partial charge in [0.1, 0.15) is 0 Å². The molecule has 35 heavy (non-hydrogen) atoms. The van der Waals surface area contributed by atoms with Gasteiger partial charge in [-0.3, -0.25) is 0 Å². The number of hydrogen-bond acceptors (Lipinski definition) is 8. The SMILES string of the molecule is [C-]#[N+]C(C)(C)C.[C-]#[N+]C(C)(C)C.[C-]#[N+]C(C)(C)C.[C-]#[N+]C(C)(C)C.[Ni+2].[O-][Cl+3]([O-])([O-])[O-].[O-][Cl+3]([O-])([O-])[O-]. The van der Waals surface area contributed by atoms with Crippen LogP contribution >= 0.6 is 0 Å². The maximum absolute atomic E-state index is 8.49. The summed E-state index contributed by atoms with van der Waals surface area (Å²) >= 11 is 0. The van der Waals surface area contributed by atoms with E-state index in [9.17, 15) is 0 Å². The molecule has 0 fully saturated rings. The number of nitrogens with zero attached hydrogens (tertiary/aromatic N) is 4. The molecule has 0 rings (SSSR count). The predicted molar refractivity (Wildman–Crippen MR) is 105 cm³/mol. The molecule has 15 heteroatoms. The minimum atomic E-state index is -4.94. The first-order valence-electron chi connectivity index (χ1n) is 9.02. The van der Waals surface area contributed by atoms with Crippen LogP contribution in [0.1, 0.15) is 83.1 Å². The first-order chi connectivity index (χ1) is 14.2. The van der Waals surface area contributed by atoms with Crippen LogP contribution in [0.2, 0.25) is 0 Å². The molecule has 0 aliphatic rings. The molecule has 0 aromatic rings. The molecule has 0 aromatic carbocycles. The average Bonchev–Trinajstić information content (AvgIpc) is 2.51. The van der Waals surface area contributed by atoms with Crippen LogP contribution in [-0.2, 0) is 16.5 Å². The molecule has 0 aliphatic carbocycles. The van der Waals surface area contributed by atoms with Crippen molar-refractivity contribution in [1.82, 2.24) is 0 Å². The average molecular weight is 590 g/mol. The van der Waals surface area contributed by atoms with Crippen LogP contribution in [0.4, 0.5) is 0 Å². The summed E-state index contributed by atoms with van der Waals surface area (Å²) in [5, 5.41) is 0. The summed E-state index contributed by atoms with van der Waals surface area (Å²) in [5.41, 5.74) is -0.667. The van der Waals surface area contributed by atoms with Crippen LogP contribution < -0.4 is 37.3 Å². The van der Waals surface area contributed by atoms with Crippen LogP contribution in [-0.4, -0.2) is 22.2 Å². The zero-order valence-electron chi connectivity index (χ0n) is 22.1. The second-order valence-electron chi connectivity index (χ2n) is 9.89. The molecule has 0 atom stereocenters. The van der Waals surface area contributed by atoms with Crippen molar-refractivity contribution in [2.24, 2.45) is 0 Å². The van der Waals surface area contributed by atoms with E-state index in [4.69, 9.17) is 63.6 Å². The fourth-order valence-corrected chi connectivity index (χ4v) is 0. The zero-order chi connectivity index (χ0) is 29.8. The molecule has 12 nitrogen and oxygen atoms in total. The molecular weight excluding hydrogens is 554 g/mol. The van der Waals surface area contributed by atoms with Gasteiger partial charge in [0, 0.05) is 83.1 Å². The van der Waals surface area contributed by atoms with Crippen LogP contribution in [0.25, 0.3) is 19.4 Å². The Balaban J connectivity index is -0.0000000536. The number of halogens is 2. The third-order valence-corrected chi connectivity index (χ3v) is 1.34. The van der Waals surface area contributed by atoms with Gasteiger partial charge in [0.15, 0.2) is 0 Å². The van der Waals surface area contributed by atoms with Gasteiger partial charge in [0.2, 0.25) is 22.2 Å². The van der Waals surface area contributed by atoms with E-state index in [1.54, 1.807) is 0 Å². The van der Waals surface area contributed by atoms with Gasteiger partial charge in [-0.1, -0.05) is 0 Å². The molecule has 0 radical (unpaired) electrons. The molecule has 0 unspecified atom stereocenters. The van der Waals surface area contributed by atoms with Crippen molar-refractivity contribution < 1.29 is 74.2 Å². The van der Waals surface area contributed by atoms with Crippen molar-refractivity contribution in [3.05, 3.63) is 45.7 Å². The topological polar surface area (TPSA) is 202 Å². The van der Waals surface area contributed by atoms with Crippen molar-refractivity contribution in [2.75, 3.05) is 0 Å². The molecule has 0 heterocycles. The Hall–Kier alpha value is -1.29. The van der Waals surface area contributed by atoms with Gasteiger partial charge in [0.05, 0.1) is 0 Å². The second kappa shape index (κ2) is 22.0. The monoisotopic (exact) mass is 588 g/mol. The quantitative estimate of drug-likeness (QED) is 0.214. The summed E-state index contributed by atoms with van der Waals surface area (Å²) in [6, 6.07) is 0. The summed E-state index contributed by atoms with van der Waals surface area (Å²) in [6.07, 6.45) is 0. The number of rotatable bonds is 0. The van der Waals surface area contributed by atoms with Crippen LogP contribution in [0.5, 0.6) is 0 Å². The van der Waals surface area contributed by atoms with E-state index < -0.39 is 20.5 Å². The Bertz CT molecular complexity index is 553. The van der Waals surface area contributed by atoms with Gasteiger partial charge < -0.3 is 19.4 Å². The van der Waals surface area contributed by atoms with Gasteiger partial charge in [-0.15, -0.1) is 20.5 Å². The molecule has 0 bridgehead atoms. The van der Waals surface area contributed by atoms with Crippen molar-refractivity contribution >= 4 is 0 Å². The molecule has 0 amide bonds. The minimum Gasteiger partial charge on any atom is -0.311 e. The van der Waals surface area contributed by atoms with Crippen LogP contribution in [0, 0.1) is 46.8 Å². The predicted octanol–water partition coefficient (Wildman–Crippen LogP) is -2.70. The maximum atomic E-state index is 8.49. The normalized spacial score (nSPS) is 10.5. The number of hydrogen-bond donors (Lipinski definition) is 0. The molecule has 208 valence electrons. The zero-order valence-corrected chi connectivity index (χ0v) is 24.6. The summed E-state index contributed by atoms with van der Waals surface area (Å²) in [5.74, 6) is 0. The van der Waals surface area contributed by atoms with E-state index in [-0.39, 0.29) is 38.6 Å². The van der Waals surface area contributed by atoms with Crippen molar-refractivity contribution in [1.29, 1.82) is 0 Å². The Labute approximate surface area is 224 Å². The molecule has 0 spiro atoms. The van der Waals surface area contributed by atoms with Crippen molar-refractivity contribution in [3.63, 3.8) is 0 Å². The van der Waals surface area contributed by atoms with E-state index >= 15 is 0 Å². The summed E-state index contributed by atoms with van der Waals surface area (Å²) < 4.78 is 67.9. The summed E-state index contributed by atoms with van der Waals surface area (Å²) in [6.45, 7) is 48.6. The largest absolute Gasteiger partial charge is 2.00 e. The molecule has 0 saturated carbocycles. The third kappa shape index (κ3) is 269. The van der Waals surface area contributed by atoms with Gasteiger partial charge in [-0.05, 0) is 0 Å². The molecule has 0 saturated heterocycles. The molecule has 0 aromatic heterocycles. The fourth-order valence-electron chi connectivity index (χ4n) is 0. The van der Waals surface area contributed by atoms with Crippen LogP contribution in [0.3, 0.4) is 0 Å². The summed E-state index contributed by atoms with van der Waals surface area (Å²) in [4.78, 5) is 13.1. The molecular formula is C20H36Cl2N4NiO8. The Morgan fingerprint density at radius 1 is 0.371 bits per heavy atom. The third-order valence-electron chi connectivity index (χ3n) is 1.34. The second-order valence-corrected chi connectivity index (χ2v) is 11.4. The van der Waals surface area contributed by atoms with Gasteiger partial charge in [-0.2, -0.15) is 0 Å². The molecule has 0 N–H and O–H groups in total. The Morgan fingerprint density at radius 3 is 0.400 bits per heavy atom. The fraction of sp³-hybridized carbons (Fsp3) is 0.800. The first kappa shape index (κ1) is 50.6. The van der Waals surface area contributed by atoms with Crippen molar-refractivity contribution in [2.45, 2.75) is 105 Å². The Morgan fingerprint density at radius 2 is 0.400 bits per heavy atom. The maximum Gasteiger partial charge on any atom is 2.00 e. The van der Waals surface area contributed by atoms with E-state index in [1.807, 2.05) is 83.1 Å². The summed E-state index contributed by atoms with van der Waals surface area (Å²) in [7, 11) is -9.89. The smallest absolute Gasteiger partial charge is 0.311 e. The van der Waals surface area contributed by atoms with E-state index in [0.29, 0.717) is 0 Å². The van der Waals surface area contributed by atoms with E-state index in [0.717, 1.165) is 0 Å². The first-order valence-corrected chi connectivity index (χ1v) is 11.5. The van der Waals surface area contributed by atoms with Crippen molar-refractivity contribution in [3.8, 4) is 0 Å². The molecule has 0 aliphatic heterocycles. The van der Waals surface area contributed by atoms with Gasteiger partial charge in [0.25, 0.3) is 0 Å².